The number of hydrogen-bond acceptors (Lipinski definition) is 4. The van der Waals surface area contributed by atoms with Gasteiger partial charge in [-0.3, -0.25) is 0 Å². The van der Waals surface area contributed by atoms with E-state index in [1.54, 1.807) is 6.20 Å². The van der Waals surface area contributed by atoms with E-state index in [-0.39, 0.29) is 12.2 Å². The van der Waals surface area contributed by atoms with E-state index in [0.29, 0.717) is 6.42 Å². The van der Waals surface area contributed by atoms with Gasteiger partial charge < -0.3 is 9.84 Å². The molecule has 1 aliphatic rings. The Kier molecular flexibility index (Phi) is 3.01. The number of aromatic nitrogens is 2. The van der Waals surface area contributed by atoms with Crippen LogP contribution < -0.4 is 0 Å². The van der Waals surface area contributed by atoms with Crippen molar-refractivity contribution in [1.29, 1.82) is 0 Å². The fourth-order valence-electron chi connectivity index (χ4n) is 1.80. The molecule has 2 rings (SSSR count). The van der Waals surface area contributed by atoms with Crippen LogP contribution in [-0.2, 0) is 4.74 Å². The van der Waals surface area contributed by atoms with Gasteiger partial charge in [-0.15, -0.1) is 0 Å². The number of hydrogen-bond donors (Lipinski definition) is 1. The molecule has 0 radical (unpaired) electrons. The van der Waals surface area contributed by atoms with E-state index < -0.39 is 6.09 Å². The fourth-order valence-corrected chi connectivity index (χ4v) is 1.80. The molecule has 1 fully saturated rings. The number of carbonyl (C=O) groups excluding carboxylic acids is 1. The van der Waals surface area contributed by atoms with Crippen LogP contribution >= 0.6 is 0 Å². The minimum absolute atomic E-state index is 0.163. The zero-order chi connectivity index (χ0) is 10.7. The molecule has 1 saturated carbocycles. The Morgan fingerprint density at radius 2 is 2.40 bits per heavy atom. The standard InChI is InChI=1S/C10H14N2O3/c13-8-2-1-3-9(6-8)15-10(14)12-5-4-11-7-12/h4-5,7-9,13H,1-3,6H2. The minimum Gasteiger partial charge on any atom is -0.445 e. The number of aliphatic hydroxyl groups excluding tert-OH is 1. The molecule has 1 aliphatic carbocycles. The van der Waals surface area contributed by atoms with E-state index in [2.05, 4.69) is 4.98 Å². The van der Waals surface area contributed by atoms with Crippen LogP contribution in [0.15, 0.2) is 18.7 Å². The Hall–Kier alpha value is -1.36. The zero-order valence-electron chi connectivity index (χ0n) is 8.37. The van der Waals surface area contributed by atoms with Gasteiger partial charge in [-0.2, -0.15) is 0 Å². The van der Waals surface area contributed by atoms with Crippen LogP contribution in [-0.4, -0.2) is 33.0 Å². The molecule has 15 heavy (non-hydrogen) atoms. The van der Waals surface area contributed by atoms with E-state index in [1.807, 2.05) is 0 Å². The van der Waals surface area contributed by atoms with Crippen LogP contribution in [0.3, 0.4) is 0 Å². The minimum atomic E-state index is -0.424. The normalized spacial score (nSPS) is 26.2. The smallest absolute Gasteiger partial charge is 0.419 e. The van der Waals surface area contributed by atoms with E-state index in [1.165, 1.54) is 17.1 Å². The third kappa shape index (κ3) is 2.56. The van der Waals surface area contributed by atoms with Crippen LogP contribution in [0, 0.1) is 0 Å². The van der Waals surface area contributed by atoms with Gasteiger partial charge in [-0.05, 0) is 19.3 Å². The van der Waals surface area contributed by atoms with Gasteiger partial charge in [0.15, 0.2) is 0 Å². The highest BCUT2D eigenvalue weighted by Crippen LogP contribution is 2.21. The maximum atomic E-state index is 11.5. The van der Waals surface area contributed by atoms with Crippen molar-refractivity contribution in [1.82, 2.24) is 9.55 Å². The average molecular weight is 210 g/mol. The van der Waals surface area contributed by atoms with Crippen LogP contribution in [0.5, 0.6) is 0 Å². The lowest BCUT2D eigenvalue weighted by atomic mass is 9.95. The van der Waals surface area contributed by atoms with Crippen molar-refractivity contribution in [2.24, 2.45) is 0 Å². The first-order chi connectivity index (χ1) is 7.25. The number of imidazole rings is 1. The molecule has 1 N–H and O–H groups in total. The second-order valence-corrected chi connectivity index (χ2v) is 3.80. The second-order valence-electron chi connectivity index (χ2n) is 3.80. The molecular formula is C10H14N2O3. The maximum absolute atomic E-state index is 11.5. The van der Waals surface area contributed by atoms with Crippen molar-refractivity contribution in [2.75, 3.05) is 0 Å². The van der Waals surface area contributed by atoms with Crippen molar-refractivity contribution >= 4 is 6.09 Å². The van der Waals surface area contributed by atoms with Gasteiger partial charge >= 0.3 is 6.09 Å². The van der Waals surface area contributed by atoms with Crippen molar-refractivity contribution in [2.45, 2.75) is 37.9 Å². The van der Waals surface area contributed by atoms with Crippen LogP contribution in [0.1, 0.15) is 25.7 Å². The van der Waals surface area contributed by atoms with Crippen LogP contribution in [0.25, 0.3) is 0 Å². The van der Waals surface area contributed by atoms with Crippen molar-refractivity contribution in [3.63, 3.8) is 0 Å². The average Bonchev–Trinajstić information content (AvgIpc) is 2.70. The van der Waals surface area contributed by atoms with Gasteiger partial charge in [-0.25, -0.2) is 14.3 Å². The molecular weight excluding hydrogens is 196 g/mol. The predicted octanol–water partition coefficient (Wildman–Crippen LogP) is 1.17. The molecule has 0 saturated heterocycles. The van der Waals surface area contributed by atoms with Gasteiger partial charge in [0.25, 0.3) is 0 Å². The lowest BCUT2D eigenvalue weighted by Gasteiger charge is -2.25. The molecule has 0 aromatic carbocycles. The summed E-state index contributed by atoms with van der Waals surface area (Å²) >= 11 is 0. The predicted molar refractivity (Wildman–Crippen MR) is 52.4 cm³/mol. The molecule has 0 amide bonds. The Bertz CT molecular complexity index is 323. The lowest BCUT2D eigenvalue weighted by Crippen LogP contribution is -2.29. The van der Waals surface area contributed by atoms with Gasteiger partial charge in [0.1, 0.15) is 12.4 Å². The highest BCUT2D eigenvalue weighted by atomic mass is 16.6. The summed E-state index contributed by atoms with van der Waals surface area (Å²) in [6.07, 6.45) is 6.63. The summed E-state index contributed by atoms with van der Waals surface area (Å²) in [5.74, 6) is 0. The molecule has 0 aliphatic heterocycles. The first-order valence-corrected chi connectivity index (χ1v) is 5.12. The number of rotatable bonds is 1. The summed E-state index contributed by atoms with van der Waals surface area (Å²) in [5.41, 5.74) is 0. The molecule has 1 heterocycles. The number of ether oxygens (including phenoxy) is 1. The molecule has 1 aromatic heterocycles. The van der Waals surface area contributed by atoms with Crippen molar-refractivity contribution in [3.8, 4) is 0 Å². The molecule has 2 unspecified atom stereocenters. The topological polar surface area (TPSA) is 64.3 Å². The Balaban J connectivity index is 1.89. The van der Waals surface area contributed by atoms with Gasteiger partial charge in [0, 0.05) is 18.8 Å². The second kappa shape index (κ2) is 4.44. The third-order valence-electron chi connectivity index (χ3n) is 2.58. The monoisotopic (exact) mass is 210 g/mol. The van der Waals surface area contributed by atoms with Gasteiger partial charge in [-0.1, -0.05) is 0 Å². The van der Waals surface area contributed by atoms with E-state index in [4.69, 9.17) is 4.74 Å². The molecule has 82 valence electrons. The number of nitrogens with zero attached hydrogens (tertiary/aromatic N) is 2. The Morgan fingerprint density at radius 1 is 1.53 bits per heavy atom. The van der Waals surface area contributed by atoms with Crippen LogP contribution in [0.2, 0.25) is 0 Å². The Morgan fingerprint density at radius 3 is 3.07 bits per heavy atom. The third-order valence-corrected chi connectivity index (χ3v) is 2.58. The van der Waals surface area contributed by atoms with Gasteiger partial charge in [0.2, 0.25) is 0 Å². The molecule has 1 aromatic rings. The summed E-state index contributed by atoms with van der Waals surface area (Å²) in [6, 6.07) is 0. The summed E-state index contributed by atoms with van der Waals surface area (Å²) in [4.78, 5) is 15.3. The number of carbonyl (C=O) groups is 1. The maximum Gasteiger partial charge on any atom is 0.419 e. The van der Waals surface area contributed by atoms with Gasteiger partial charge in [0.05, 0.1) is 6.10 Å². The fraction of sp³-hybridized carbons (Fsp3) is 0.600. The zero-order valence-corrected chi connectivity index (χ0v) is 8.37. The van der Waals surface area contributed by atoms with Crippen molar-refractivity contribution in [3.05, 3.63) is 18.7 Å². The Labute approximate surface area is 87.7 Å². The molecule has 0 spiro atoms. The summed E-state index contributed by atoms with van der Waals surface area (Å²) in [5, 5.41) is 9.41. The van der Waals surface area contributed by atoms with Crippen molar-refractivity contribution < 1.29 is 14.6 Å². The number of aliphatic hydroxyl groups is 1. The highest BCUT2D eigenvalue weighted by molar-refractivity contribution is 5.70. The molecule has 2 atom stereocenters. The molecule has 0 bridgehead atoms. The summed E-state index contributed by atoms with van der Waals surface area (Å²) in [7, 11) is 0. The summed E-state index contributed by atoms with van der Waals surface area (Å²) in [6.45, 7) is 0. The SMILES string of the molecule is O=C(OC1CCCC(O)C1)n1ccnc1. The summed E-state index contributed by atoms with van der Waals surface area (Å²) < 4.78 is 6.52. The van der Waals surface area contributed by atoms with E-state index >= 15 is 0 Å². The molecule has 5 heteroatoms. The molecule has 5 nitrogen and oxygen atoms in total. The largest absolute Gasteiger partial charge is 0.445 e. The first kappa shape index (κ1) is 10.2. The van der Waals surface area contributed by atoms with E-state index in [0.717, 1.165) is 19.3 Å². The van der Waals surface area contributed by atoms with E-state index in [9.17, 15) is 9.90 Å². The first-order valence-electron chi connectivity index (χ1n) is 5.12. The quantitative estimate of drug-likeness (QED) is 0.755. The highest BCUT2D eigenvalue weighted by Gasteiger charge is 2.23. The van der Waals surface area contributed by atoms with Crippen LogP contribution in [0.4, 0.5) is 4.79 Å². The lowest BCUT2D eigenvalue weighted by molar-refractivity contribution is 0.0235.